The Labute approximate surface area is 234 Å². The molecule has 0 spiro atoms. The number of amides is 2. The van der Waals surface area contributed by atoms with Gasteiger partial charge >= 0.3 is 5.97 Å². The highest BCUT2D eigenvalue weighted by atomic mass is 35.5. The molecular weight excluding hydrogens is 536 g/mol. The number of carboxylic acids is 1. The van der Waals surface area contributed by atoms with E-state index in [1.54, 1.807) is 31.3 Å². The molecule has 3 heterocycles. The van der Waals surface area contributed by atoms with Crippen LogP contribution in [-0.4, -0.2) is 47.0 Å². The second-order valence-corrected chi connectivity index (χ2v) is 10.7. The third-order valence-corrected chi connectivity index (χ3v) is 7.90. The highest BCUT2D eigenvalue weighted by Gasteiger charge is 2.28. The van der Waals surface area contributed by atoms with Gasteiger partial charge in [-0.1, -0.05) is 48.0 Å². The van der Waals surface area contributed by atoms with Gasteiger partial charge in [0, 0.05) is 47.4 Å². The Balaban J connectivity index is 1.44. The molecule has 1 N–H and O–H groups in total. The lowest BCUT2D eigenvalue weighted by Gasteiger charge is -2.21. The smallest absolute Gasteiger partial charge is 0.304 e. The number of carboxylic acid groups (broad SMARTS) is 1. The summed E-state index contributed by atoms with van der Waals surface area (Å²) >= 11 is 7.65. The number of thiazole rings is 1. The molecular formula is C29H25ClN4O4S. The predicted molar refractivity (Wildman–Crippen MR) is 152 cm³/mol. The molecule has 5 rings (SSSR count). The Morgan fingerprint density at radius 3 is 2.67 bits per heavy atom. The summed E-state index contributed by atoms with van der Waals surface area (Å²) in [5, 5.41) is 12.3. The van der Waals surface area contributed by atoms with Crippen molar-refractivity contribution < 1.29 is 19.5 Å². The summed E-state index contributed by atoms with van der Waals surface area (Å²) < 4.78 is 0. The lowest BCUT2D eigenvalue weighted by atomic mass is 9.95. The number of carbonyl (C=O) groups excluding carboxylic acids is 2. The Hall–Kier alpha value is -4.08. The van der Waals surface area contributed by atoms with Crippen molar-refractivity contribution in [3.63, 3.8) is 0 Å². The minimum absolute atomic E-state index is 0.00343. The van der Waals surface area contributed by atoms with Crippen LogP contribution in [-0.2, 0) is 27.2 Å². The monoisotopic (exact) mass is 560 g/mol. The lowest BCUT2D eigenvalue weighted by Crippen LogP contribution is -2.35. The van der Waals surface area contributed by atoms with E-state index >= 15 is 0 Å². The zero-order chi connectivity index (χ0) is 27.7. The standard InChI is InChI=1S/C29H25ClN4O4S/c1-33-25(35)12-18-11-20(15-31-27(18)33)22-9-8-21(30)14-23(22)24-16-39-29(32-24)34(2)28(38)19(13-26(36)37)10-17-6-4-3-5-7-17/h3-9,11,14-16,19H,10,12-13H2,1-2H3,(H,36,37)/t19-/m1/s1. The molecule has 0 radical (unpaired) electrons. The molecule has 10 heteroatoms. The van der Waals surface area contributed by atoms with Crippen molar-refractivity contribution in [2.75, 3.05) is 23.9 Å². The van der Waals surface area contributed by atoms with Crippen LogP contribution < -0.4 is 9.80 Å². The van der Waals surface area contributed by atoms with E-state index in [9.17, 15) is 19.5 Å². The molecule has 1 aliphatic heterocycles. The summed E-state index contributed by atoms with van der Waals surface area (Å²) in [6.07, 6.45) is 2.06. The second-order valence-electron chi connectivity index (χ2n) is 9.42. The van der Waals surface area contributed by atoms with Gasteiger partial charge in [0.25, 0.3) is 0 Å². The van der Waals surface area contributed by atoms with Gasteiger partial charge in [0.15, 0.2) is 5.13 Å². The first-order valence-corrected chi connectivity index (χ1v) is 13.5. The van der Waals surface area contributed by atoms with Gasteiger partial charge in [-0.05, 0) is 35.7 Å². The van der Waals surface area contributed by atoms with E-state index < -0.39 is 11.9 Å². The Morgan fingerprint density at radius 1 is 1.15 bits per heavy atom. The molecule has 0 saturated carbocycles. The molecule has 39 heavy (non-hydrogen) atoms. The number of likely N-dealkylation sites (N-methyl/N-ethyl adjacent to an activating group) is 1. The maximum Gasteiger partial charge on any atom is 0.304 e. The number of aliphatic carboxylic acids is 1. The van der Waals surface area contributed by atoms with Crippen molar-refractivity contribution in [2.24, 2.45) is 5.92 Å². The molecule has 0 saturated heterocycles. The molecule has 0 unspecified atom stereocenters. The number of aromatic nitrogens is 2. The summed E-state index contributed by atoms with van der Waals surface area (Å²) in [4.78, 5) is 49.3. The molecule has 1 aliphatic rings. The van der Waals surface area contributed by atoms with E-state index in [1.165, 1.54) is 16.2 Å². The van der Waals surface area contributed by atoms with E-state index in [0.717, 1.165) is 27.8 Å². The number of benzene rings is 2. The average molecular weight is 561 g/mol. The van der Waals surface area contributed by atoms with Crippen molar-refractivity contribution in [3.8, 4) is 22.4 Å². The van der Waals surface area contributed by atoms with Gasteiger partial charge in [-0.15, -0.1) is 11.3 Å². The van der Waals surface area contributed by atoms with Gasteiger partial charge in [0.1, 0.15) is 5.82 Å². The fourth-order valence-corrected chi connectivity index (χ4v) is 5.70. The molecule has 1 atom stereocenters. The molecule has 8 nitrogen and oxygen atoms in total. The number of rotatable bonds is 8. The van der Waals surface area contributed by atoms with Crippen LogP contribution >= 0.6 is 22.9 Å². The number of hydrogen-bond acceptors (Lipinski definition) is 6. The van der Waals surface area contributed by atoms with Crippen LogP contribution in [0.4, 0.5) is 10.9 Å². The van der Waals surface area contributed by atoms with Crippen LogP contribution in [0.15, 0.2) is 66.2 Å². The number of pyridine rings is 1. The molecule has 198 valence electrons. The molecule has 2 amide bonds. The van der Waals surface area contributed by atoms with Gasteiger partial charge in [-0.2, -0.15) is 0 Å². The summed E-state index contributed by atoms with van der Waals surface area (Å²) in [7, 11) is 3.33. The highest BCUT2D eigenvalue weighted by molar-refractivity contribution is 7.14. The van der Waals surface area contributed by atoms with Crippen molar-refractivity contribution in [2.45, 2.75) is 19.3 Å². The van der Waals surface area contributed by atoms with Crippen molar-refractivity contribution in [1.29, 1.82) is 0 Å². The van der Waals surface area contributed by atoms with E-state index in [1.807, 2.05) is 53.9 Å². The number of halogens is 1. The fourth-order valence-electron chi connectivity index (χ4n) is 4.73. The number of fused-ring (bicyclic) bond motifs is 1. The van der Waals surface area contributed by atoms with Gasteiger partial charge in [0.2, 0.25) is 11.8 Å². The Morgan fingerprint density at radius 2 is 1.92 bits per heavy atom. The van der Waals surface area contributed by atoms with Crippen molar-refractivity contribution in [3.05, 3.63) is 82.3 Å². The van der Waals surface area contributed by atoms with Crippen LogP contribution in [0.3, 0.4) is 0 Å². The van der Waals surface area contributed by atoms with E-state index in [2.05, 4.69) is 4.98 Å². The molecule has 4 aromatic rings. The first kappa shape index (κ1) is 26.5. The van der Waals surface area contributed by atoms with Crippen molar-refractivity contribution >= 4 is 51.7 Å². The lowest BCUT2D eigenvalue weighted by molar-refractivity contribution is -0.140. The zero-order valence-corrected chi connectivity index (χ0v) is 22.9. The highest BCUT2D eigenvalue weighted by Crippen LogP contribution is 2.38. The van der Waals surface area contributed by atoms with E-state index in [4.69, 9.17) is 16.6 Å². The topological polar surface area (TPSA) is 104 Å². The number of nitrogens with zero attached hydrogens (tertiary/aromatic N) is 4. The summed E-state index contributed by atoms with van der Waals surface area (Å²) in [5.74, 6) is -1.43. The summed E-state index contributed by atoms with van der Waals surface area (Å²) in [6.45, 7) is 0. The normalized spacial score (nSPS) is 13.3. The predicted octanol–water partition coefficient (Wildman–Crippen LogP) is 5.34. The number of carbonyl (C=O) groups is 3. The van der Waals surface area contributed by atoms with Gasteiger partial charge in [-0.25, -0.2) is 9.97 Å². The molecule has 0 bridgehead atoms. The van der Waals surface area contributed by atoms with Gasteiger partial charge in [0.05, 0.1) is 24.5 Å². The van der Waals surface area contributed by atoms with E-state index in [0.29, 0.717) is 34.5 Å². The molecule has 2 aromatic heterocycles. The second kappa shape index (κ2) is 11.0. The quantitative estimate of drug-likeness (QED) is 0.312. The maximum atomic E-state index is 13.4. The van der Waals surface area contributed by atoms with Crippen LogP contribution in [0.2, 0.25) is 5.02 Å². The SMILES string of the molecule is CN(C(=O)[C@@H](CC(=O)O)Cc1ccccc1)c1nc(-c2cc(Cl)ccc2-c2cnc3c(c2)CC(=O)N3C)cs1. The number of anilines is 2. The molecule has 0 fully saturated rings. The first-order valence-electron chi connectivity index (χ1n) is 12.3. The Kier molecular flexibility index (Phi) is 7.45. The van der Waals surface area contributed by atoms with Crippen LogP contribution in [0.25, 0.3) is 22.4 Å². The minimum Gasteiger partial charge on any atom is -0.481 e. The van der Waals surface area contributed by atoms with E-state index in [-0.39, 0.29) is 18.2 Å². The number of hydrogen-bond donors (Lipinski definition) is 1. The van der Waals surface area contributed by atoms with Crippen LogP contribution in [0.5, 0.6) is 0 Å². The molecule has 0 aliphatic carbocycles. The van der Waals surface area contributed by atoms with Crippen LogP contribution in [0.1, 0.15) is 17.5 Å². The maximum absolute atomic E-state index is 13.4. The third-order valence-electron chi connectivity index (χ3n) is 6.75. The Bertz CT molecular complexity index is 1570. The first-order chi connectivity index (χ1) is 18.7. The largest absolute Gasteiger partial charge is 0.481 e. The molecule has 2 aromatic carbocycles. The average Bonchev–Trinajstić information content (AvgIpc) is 3.52. The summed E-state index contributed by atoms with van der Waals surface area (Å²) in [6, 6.07) is 16.8. The zero-order valence-electron chi connectivity index (χ0n) is 21.3. The fraction of sp³-hybridized carbons (Fsp3) is 0.207. The summed E-state index contributed by atoms with van der Waals surface area (Å²) in [5.41, 5.74) is 4.80. The van der Waals surface area contributed by atoms with Crippen molar-refractivity contribution in [1.82, 2.24) is 9.97 Å². The minimum atomic E-state index is -1.03. The third kappa shape index (κ3) is 5.55. The van der Waals surface area contributed by atoms with Crippen LogP contribution in [0, 0.1) is 5.92 Å². The van der Waals surface area contributed by atoms with Gasteiger partial charge < -0.3 is 5.11 Å². The van der Waals surface area contributed by atoms with Gasteiger partial charge in [-0.3, -0.25) is 24.2 Å².